The van der Waals surface area contributed by atoms with Gasteiger partial charge in [-0.25, -0.2) is 0 Å². The van der Waals surface area contributed by atoms with Gasteiger partial charge in [0.2, 0.25) is 0 Å². The summed E-state index contributed by atoms with van der Waals surface area (Å²) in [5, 5.41) is 0. The molecular weight excluding hydrogens is 328 g/mol. The zero-order chi connectivity index (χ0) is 18.5. The van der Waals surface area contributed by atoms with Crippen molar-refractivity contribution in [2.75, 3.05) is 0 Å². The predicted molar refractivity (Wildman–Crippen MR) is 111 cm³/mol. The van der Waals surface area contributed by atoms with Gasteiger partial charge in [-0.15, -0.1) is 0 Å². The van der Waals surface area contributed by atoms with Crippen molar-refractivity contribution in [3.8, 4) is 0 Å². The van der Waals surface area contributed by atoms with E-state index in [1.807, 2.05) is 18.2 Å². The van der Waals surface area contributed by atoms with Crippen LogP contribution in [-0.4, -0.2) is 5.78 Å². The highest BCUT2D eigenvalue weighted by molar-refractivity contribution is 5.90. The van der Waals surface area contributed by atoms with E-state index in [1.54, 1.807) is 0 Å². The summed E-state index contributed by atoms with van der Waals surface area (Å²) in [6.45, 7) is 0. The molecule has 0 spiro atoms. The predicted octanol–water partition coefficient (Wildman–Crippen LogP) is 5.68. The molecule has 0 aliphatic heterocycles. The van der Waals surface area contributed by atoms with E-state index in [9.17, 15) is 4.79 Å². The SMILES string of the molecule is O=C1C(Cc2ccccc2)CCC1(Cc1ccccc1)Cc1ccccc1. The second-order valence-electron chi connectivity index (χ2n) is 7.89. The molecule has 0 N–H and O–H groups in total. The minimum atomic E-state index is -0.276. The van der Waals surface area contributed by atoms with Crippen molar-refractivity contribution in [2.24, 2.45) is 11.3 Å². The van der Waals surface area contributed by atoms with Gasteiger partial charge in [0, 0.05) is 11.3 Å². The van der Waals surface area contributed by atoms with Crippen LogP contribution >= 0.6 is 0 Å². The molecule has 1 saturated carbocycles. The van der Waals surface area contributed by atoms with Crippen molar-refractivity contribution in [1.29, 1.82) is 0 Å². The Kier molecular flexibility index (Phi) is 5.20. The van der Waals surface area contributed by atoms with Crippen LogP contribution in [0.15, 0.2) is 91.0 Å². The summed E-state index contributed by atoms with van der Waals surface area (Å²) >= 11 is 0. The van der Waals surface area contributed by atoms with Crippen LogP contribution in [-0.2, 0) is 24.1 Å². The summed E-state index contributed by atoms with van der Waals surface area (Å²) in [5.41, 5.74) is 3.53. The van der Waals surface area contributed by atoms with E-state index in [1.165, 1.54) is 16.7 Å². The molecule has 1 aliphatic rings. The summed E-state index contributed by atoms with van der Waals surface area (Å²) in [4.78, 5) is 13.6. The van der Waals surface area contributed by atoms with Crippen LogP contribution in [0.5, 0.6) is 0 Å². The monoisotopic (exact) mass is 354 g/mol. The lowest BCUT2D eigenvalue weighted by Gasteiger charge is -2.29. The van der Waals surface area contributed by atoms with Crippen LogP contribution in [0, 0.1) is 11.3 Å². The van der Waals surface area contributed by atoms with Crippen LogP contribution < -0.4 is 0 Å². The van der Waals surface area contributed by atoms with Crippen LogP contribution in [0.2, 0.25) is 0 Å². The van der Waals surface area contributed by atoms with Gasteiger partial charge in [0.1, 0.15) is 5.78 Å². The van der Waals surface area contributed by atoms with Crippen molar-refractivity contribution in [3.05, 3.63) is 108 Å². The van der Waals surface area contributed by atoms with Crippen molar-refractivity contribution >= 4 is 5.78 Å². The van der Waals surface area contributed by atoms with E-state index in [2.05, 4.69) is 72.8 Å². The van der Waals surface area contributed by atoms with Gasteiger partial charge < -0.3 is 0 Å². The zero-order valence-electron chi connectivity index (χ0n) is 15.7. The van der Waals surface area contributed by atoms with Crippen LogP contribution in [0.3, 0.4) is 0 Å². The molecule has 1 nitrogen and oxygen atoms in total. The first kappa shape index (κ1) is 17.7. The fraction of sp³-hybridized carbons (Fsp3) is 0.269. The second kappa shape index (κ2) is 7.92. The smallest absolute Gasteiger partial charge is 0.143 e. The van der Waals surface area contributed by atoms with E-state index in [4.69, 9.17) is 0 Å². The number of ketones is 1. The number of benzene rings is 3. The van der Waals surface area contributed by atoms with Gasteiger partial charge >= 0.3 is 0 Å². The Hall–Kier alpha value is -2.67. The first-order valence-corrected chi connectivity index (χ1v) is 9.91. The Morgan fingerprint density at radius 2 is 1.11 bits per heavy atom. The maximum Gasteiger partial charge on any atom is 0.143 e. The van der Waals surface area contributed by atoms with Crippen LogP contribution in [0.1, 0.15) is 29.5 Å². The molecule has 1 heteroatoms. The zero-order valence-corrected chi connectivity index (χ0v) is 15.7. The Labute approximate surface area is 162 Å². The topological polar surface area (TPSA) is 17.1 Å². The Bertz CT molecular complexity index is 826. The molecule has 0 amide bonds. The third-order valence-electron chi connectivity index (χ3n) is 5.96. The van der Waals surface area contributed by atoms with Gasteiger partial charge in [0.15, 0.2) is 0 Å². The quantitative estimate of drug-likeness (QED) is 0.556. The Balaban J connectivity index is 1.61. The molecule has 0 aromatic heterocycles. The molecule has 1 aliphatic carbocycles. The molecule has 1 unspecified atom stereocenters. The van der Waals surface area contributed by atoms with Crippen molar-refractivity contribution in [2.45, 2.75) is 32.1 Å². The largest absolute Gasteiger partial charge is 0.299 e. The van der Waals surface area contributed by atoms with Crippen LogP contribution in [0.4, 0.5) is 0 Å². The molecule has 3 aromatic carbocycles. The lowest BCUT2D eigenvalue weighted by molar-refractivity contribution is -0.129. The fourth-order valence-corrected chi connectivity index (χ4v) is 4.62. The minimum absolute atomic E-state index is 0.139. The van der Waals surface area contributed by atoms with E-state index < -0.39 is 0 Å². The Morgan fingerprint density at radius 1 is 0.667 bits per heavy atom. The minimum Gasteiger partial charge on any atom is -0.299 e. The van der Waals surface area contributed by atoms with Gasteiger partial charge in [0.25, 0.3) is 0 Å². The lowest BCUT2D eigenvalue weighted by Crippen LogP contribution is -2.34. The molecule has 0 radical (unpaired) electrons. The summed E-state index contributed by atoms with van der Waals surface area (Å²) < 4.78 is 0. The molecule has 1 atom stereocenters. The standard InChI is InChI=1S/C26H26O/c27-25-24(18-21-10-4-1-5-11-21)16-17-26(25,19-22-12-6-2-7-13-22)20-23-14-8-3-9-15-23/h1-15,24H,16-20H2. The highest BCUT2D eigenvalue weighted by Crippen LogP contribution is 2.44. The normalized spacial score (nSPS) is 18.5. The van der Waals surface area contributed by atoms with Gasteiger partial charge in [-0.3, -0.25) is 4.79 Å². The van der Waals surface area contributed by atoms with E-state index >= 15 is 0 Å². The molecule has 3 aromatic rings. The van der Waals surface area contributed by atoms with Gasteiger partial charge in [-0.2, -0.15) is 0 Å². The summed E-state index contributed by atoms with van der Waals surface area (Å²) in [5.74, 6) is 0.596. The van der Waals surface area contributed by atoms with E-state index in [-0.39, 0.29) is 11.3 Å². The number of carbonyl (C=O) groups excluding carboxylic acids is 1. The van der Waals surface area contributed by atoms with Crippen molar-refractivity contribution in [3.63, 3.8) is 0 Å². The molecule has 0 saturated heterocycles. The Morgan fingerprint density at radius 3 is 1.59 bits per heavy atom. The molecular formula is C26H26O. The number of hydrogen-bond donors (Lipinski definition) is 0. The highest BCUT2D eigenvalue weighted by Gasteiger charge is 2.47. The van der Waals surface area contributed by atoms with Gasteiger partial charge in [-0.05, 0) is 48.8 Å². The van der Waals surface area contributed by atoms with Crippen molar-refractivity contribution in [1.82, 2.24) is 0 Å². The first-order chi connectivity index (χ1) is 13.3. The summed E-state index contributed by atoms with van der Waals surface area (Å²) in [6, 6.07) is 31.5. The first-order valence-electron chi connectivity index (χ1n) is 9.91. The average molecular weight is 354 g/mol. The second-order valence-corrected chi connectivity index (χ2v) is 7.89. The third-order valence-corrected chi connectivity index (χ3v) is 5.96. The number of carbonyl (C=O) groups is 1. The van der Waals surface area contributed by atoms with E-state index in [0.717, 1.165) is 32.1 Å². The number of Topliss-reactive ketones (excluding diaryl/α,β-unsaturated/α-hetero) is 1. The lowest BCUT2D eigenvalue weighted by atomic mass is 9.73. The maximum atomic E-state index is 13.6. The summed E-state index contributed by atoms with van der Waals surface area (Å²) in [6.07, 6.45) is 4.52. The third kappa shape index (κ3) is 4.03. The highest BCUT2D eigenvalue weighted by atomic mass is 16.1. The maximum absolute atomic E-state index is 13.6. The van der Waals surface area contributed by atoms with Crippen molar-refractivity contribution < 1.29 is 4.79 Å². The summed E-state index contributed by atoms with van der Waals surface area (Å²) in [7, 11) is 0. The molecule has 4 rings (SSSR count). The molecule has 27 heavy (non-hydrogen) atoms. The van der Waals surface area contributed by atoms with Gasteiger partial charge in [-0.1, -0.05) is 91.0 Å². The molecule has 1 fully saturated rings. The fourth-order valence-electron chi connectivity index (χ4n) is 4.62. The van der Waals surface area contributed by atoms with Crippen LogP contribution in [0.25, 0.3) is 0 Å². The number of hydrogen-bond acceptors (Lipinski definition) is 1. The molecule has 136 valence electrons. The molecule has 0 heterocycles. The average Bonchev–Trinajstić information content (AvgIpc) is 3.00. The van der Waals surface area contributed by atoms with E-state index in [0.29, 0.717) is 5.78 Å². The molecule has 0 bridgehead atoms. The number of rotatable bonds is 6. The van der Waals surface area contributed by atoms with Gasteiger partial charge in [0.05, 0.1) is 0 Å².